The van der Waals surface area contributed by atoms with Gasteiger partial charge in [-0.15, -0.1) is 10.2 Å². The summed E-state index contributed by atoms with van der Waals surface area (Å²) in [5, 5.41) is 15.9. The highest BCUT2D eigenvalue weighted by Crippen LogP contribution is 2.26. The predicted molar refractivity (Wildman–Crippen MR) is 123 cm³/mol. The molecular formula is C22H22N6O4S. The quantitative estimate of drug-likeness (QED) is 0.368. The van der Waals surface area contributed by atoms with Crippen molar-refractivity contribution >= 4 is 23.4 Å². The van der Waals surface area contributed by atoms with E-state index < -0.39 is 0 Å². The summed E-state index contributed by atoms with van der Waals surface area (Å²) in [6.45, 7) is 2.52. The van der Waals surface area contributed by atoms with Crippen molar-refractivity contribution in [3.63, 3.8) is 0 Å². The van der Waals surface area contributed by atoms with Gasteiger partial charge in [0.05, 0.1) is 20.0 Å². The van der Waals surface area contributed by atoms with Gasteiger partial charge in [0.1, 0.15) is 11.5 Å². The van der Waals surface area contributed by atoms with Crippen molar-refractivity contribution in [3.8, 4) is 34.6 Å². The van der Waals surface area contributed by atoms with Crippen molar-refractivity contribution in [3.05, 3.63) is 48.5 Å². The molecule has 0 aliphatic carbocycles. The highest BCUT2D eigenvalue weighted by molar-refractivity contribution is 7.99. The number of hydrogen-bond donors (Lipinski definition) is 1. The lowest BCUT2D eigenvalue weighted by atomic mass is 10.2. The van der Waals surface area contributed by atoms with E-state index in [-0.39, 0.29) is 17.6 Å². The minimum atomic E-state index is -0.167. The van der Waals surface area contributed by atoms with E-state index in [2.05, 4.69) is 25.7 Å². The Balaban J connectivity index is 1.44. The Morgan fingerprint density at radius 1 is 1.09 bits per heavy atom. The Bertz CT molecular complexity index is 1240. The van der Waals surface area contributed by atoms with Crippen molar-refractivity contribution in [1.29, 1.82) is 0 Å². The van der Waals surface area contributed by atoms with Crippen LogP contribution < -0.4 is 14.8 Å². The van der Waals surface area contributed by atoms with E-state index in [9.17, 15) is 4.79 Å². The molecule has 0 radical (unpaired) electrons. The number of nitrogens with zero attached hydrogens (tertiary/aromatic N) is 5. The number of aromatic nitrogens is 5. The molecule has 4 aromatic rings. The molecule has 2 aromatic heterocycles. The first kappa shape index (κ1) is 22.3. The molecule has 0 atom stereocenters. The molecule has 2 aromatic carbocycles. The third-order valence-corrected chi connectivity index (χ3v) is 5.65. The van der Waals surface area contributed by atoms with E-state index in [1.165, 1.54) is 11.8 Å². The molecule has 1 amide bonds. The number of benzene rings is 2. The number of thioether (sulfide) groups is 1. The van der Waals surface area contributed by atoms with Crippen LogP contribution in [-0.4, -0.2) is 50.8 Å². The summed E-state index contributed by atoms with van der Waals surface area (Å²) in [5.41, 5.74) is 1.45. The Morgan fingerprint density at radius 3 is 2.61 bits per heavy atom. The summed E-state index contributed by atoms with van der Waals surface area (Å²) in [7, 11) is 3.19. The molecule has 33 heavy (non-hydrogen) atoms. The van der Waals surface area contributed by atoms with Gasteiger partial charge in [0.25, 0.3) is 5.89 Å². The number of rotatable bonds is 9. The highest BCUT2D eigenvalue weighted by atomic mass is 32.2. The molecule has 11 heteroatoms. The Labute approximate surface area is 194 Å². The lowest BCUT2D eigenvalue weighted by Crippen LogP contribution is -2.14. The zero-order valence-corrected chi connectivity index (χ0v) is 19.1. The maximum Gasteiger partial charge on any atom is 0.296 e. The van der Waals surface area contributed by atoms with E-state index in [1.54, 1.807) is 26.4 Å². The minimum absolute atomic E-state index is 0.163. The summed E-state index contributed by atoms with van der Waals surface area (Å²) in [6.07, 6.45) is 0. The monoisotopic (exact) mass is 466 g/mol. The highest BCUT2D eigenvalue weighted by Gasteiger charge is 2.20. The topological polar surface area (TPSA) is 117 Å². The van der Waals surface area contributed by atoms with Crippen LogP contribution in [0.25, 0.3) is 23.1 Å². The molecule has 0 saturated carbocycles. The van der Waals surface area contributed by atoms with Gasteiger partial charge in [-0.1, -0.05) is 23.0 Å². The van der Waals surface area contributed by atoms with Crippen LogP contribution in [0.2, 0.25) is 0 Å². The molecule has 10 nitrogen and oxygen atoms in total. The molecule has 0 aliphatic heterocycles. The van der Waals surface area contributed by atoms with Crippen LogP contribution in [0.3, 0.4) is 0 Å². The van der Waals surface area contributed by atoms with Crippen molar-refractivity contribution in [2.24, 2.45) is 0 Å². The van der Waals surface area contributed by atoms with E-state index >= 15 is 0 Å². The predicted octanol–water partition coefficient (Wildman–Crippen LogP) is 3.76. The molecule has 0 fully saturated rings. The van der Waals surface area contributed by atoms with Gasteiger partial charge in [-0.25, -0.2) is 0 Å². The molecule has 0 unspecified atom stereocenters. The second kappa shape index (κ2) is 10.2. The van der Waals surface area contributed by atoms with E-state index in [1.807, 2.05) is 47.9 Å². The van der Waals surface area contributed by atoms with Crippen molar-refractivity contribution in [2.45, 2.75) is 18.6 Å². The van der Waals surface area contributed by atoms with Gasteiger partial charge in [0.15, 0.2) is 5.16 Å². The number of hydrogen-bond acceptors (Lipinski definition) is 9. The van der Waals surface area contributed by atoms with Crippen LogP contribution >= 0.6 is 11.8 Å². The zero-order valence-electron chi connectivity index (χ0n) is 18.3. The maximum atomic E-state index is 12.4. The second-order valence-corrected chi connectivity index (χ2v) is 7.71. The van der Waals surface area contributed by atoms with E-state index in [4.69, 9.17) is 14.0 Å². The van der Waals surface area contributed by atoms with Crippen LogP contribution in [0.1, 0.15) is 6.92 Å². The van der Waals surface area contributed by atoms with Gasteiger partial charge in [-0.05, 0) is 43.3 Å². The van der Waals surface area contributed by atoms with E-state index in [0.717, 1.165) is 11.3 Å². The van der Waals surface area contributed by atoms with Crippen molar-refractivity contribution in [2.75, 3.05) is 25.3 Å². The molecule has 4 rings (SSSR count). The molecule has 1 N–H and O–H groups in total. The van der Waals surface area contributed by atoms with Gasteiger partial charge in [-0.3, -0.25) is 9.36 Å². The zero-order chi connectivity index (χ0) is 23.2. The first-order valence-electron chi connectivity index (χ1n) is 10.1. The number of nitrogens with one attached hydrogen (secondary N) is 1. The minimum Gasteiger partial charge on any atom is -0.497 e. The fourth-order valence-corrected chi connectivity index (χ4v) is 3.84. The van der Waals surface area contributed by atoms with Crippen LogP contribution in [0.4, 0.5) is 5.69 Å². The molecule has 0 saturated heterocycles. The van der Waals surface area contributed by atoms with Crippen molar-refractivity contribution in [1.82, 2.24) is 24.9 Å². The van der Waals surface area contributed by atoms with Crippen molar-refractivity contribution < 1.29 is 18.8 Å². The van der Waals surface area contributed by atoms with Crippen LogP contribution in [0.5, 0.6) is 11.5 Å². The number of carbonyl (C=O) groups is 1. The Morgan fingerprint density at radius 2 is 1.88 bits per heavy atom. The van der Waals surface area contributed by atoms with Crippen LogP contribution in [-0.2, 0) is 11.3 Å². The fraction of sp³-hybridized carbons (Fsp3) is 0.227. The normalized spacial score (nSPS) is 10.8. The molecule has 0 aliphatic rings. The first-order valence-corrected chi connectivity index (χ1v) is 11.1. The van der Waals surface area contributed by atoms with Crippen LogP contribution in [0.15, 0.2) is 58.2 Å². The number of methoxy groups -OCH3 is 2. The number of carbonyl (C=O) groups excluding carboxylic acids is 1. The van der Waals surface area contributed by atoms with Gasteiger partial charge < -0.3 is 19.3 Å². The second-order valence-electron chi connectivity index (χ2n) is 6.77. The molecule has 0 bridgehead atoms. The number of ether oxygens (including phenoxy) is 2. The Kier molecular flexibility index (Phi) is 6.89. The first-order chi connectivity index (χ1) is 16.1. The largest absolute Gasteiger partial charge is 0.497 e. The summed E-state index contributed by atoms with van der Waals surface area (Å²) >= 11 is 1.27. The summed E-state index contributed by atoms with van der Waals surface area (Å²) in [6, 6.07) is 14.5. The molecule has 2 heterocycles. The smallest absolute Gasteiger partial charge is 0.296 e. The van der Waals surface area contributed by atoms with Crippen LogP contribution in [0, 0.1) is 0 Å². The molecule has 0 spiro atoms. The molecule has 170 valence electrons. The lowest BCUT2D eigenvalue weighted by Gasteiger charge is -2.07. The summed E-state index contributed by atoms with van der Waals surface area (Å²) in [5.74, 6) is 2.54. The average molecular weight is 467 g/mol. The third-order valence-electron chi connectivity index (χ3n) is 4.68. The van der Waals surface area contributed by atoms with Gasteiger partial charge in [0, 0.05) is 23.9 Å². The third kappa shape index (κ3) is 5.14. The Hall–Kier alpha value is -3.86. The summed E-state index contributed by atoms with van der Waals surface area (Å²) < 4.78 is 17.6. The molecular weight excluding hydrogens is 444 g/mol. The number of anilines is 1. The van der Waals surface area contributed by atoms with Gasteiger partial charge >= 0.3 is 0 Å². The lowest BCUT2D eigenvalue weighted by molar-refractivity contribution is -0.113. The van der Waals surface area contributed by atoms with E-state index in [0.29, 0.717) is 34.8 Å². The maximum absolute atomic E-state index is 12.4. The SMILES string of the molecule is CCn1c(SCC(=O)Nc2cccc(OC)c2)nnc1-c1nc(-c2ccc(OC)cc2)no1. The fourth-order valence-electron chi connectivity index (χ4n) is 3.04. The van der Waals surface area contributed by atoms with Gasteiger partial charge in [-0.2, -0.15) is 4.98 Å². The number of amides is 1. The average Bonchev–Trinajstić information content (AvgIpc) is 3.49. The standard InChI is InChI=1S/C22H22N6O4S/c1-4-28-20(21-24-19(27-32-21)14-8-10-16(30-2)11-9-14)25-26-22(28)33-13-18(29)23-15-6-5-7-17(12-15)31-3/h5-12H,4,13H2,1-3H3,(H,23,29). The summed E-state index contributed by atoms with van der Waals surface area (Å²) in [4.78, 5) is 16.8. The van der Waals surface area contributed by atoms with Gasteiger partial charge in [0.2, 0.25) is 17.6 Å².